The molecule has 33 heavy (non-hydrogen) atoms. The number of carbonyl (C=O) groups is 1. The maximum absolute atomic E-state index is 12.8. The van der Waals surface area contributed by atoms with Gasteiger partial charge in [0.1, 0.15) is 0 Å². The first-order valence-electron chi connectivity index (χ1n) is 11.4. The Morgan fingerprint density at radius 1 is 1.12 bits per heavy atom. The van der Waals surface area contributed by atoms with Crippen molar-refractivity contribution in [3.63, 3.8) is 0 Å². The van der Waals surface area contributed by atoms with Crippen LogP contribution >= 0.6 is 0 Å². The van der Waals surface area contributed by atoms with Crippen LogP contribution in [0.15, 0.2) is 32.3 Å². The minimum atomic E-state index is -3.60. The second-order valence-corrected chi connectivity index (χ2v) is 11.1. The molecule has 0 aliphatic carbocycles. The van der Waals surface area contributed by atoms with Crippen molar-refractivity contribution in [2.45, 2.75) is 50.1 Å². The summed E-state index contributed by atoms with van der Waals surface area (Å²) in [5, 5.41) is 2.96. The molecule has 2 aliphatic heterocycles. The zero-order chi connectivity index (χ0) is 23.6. The molecule has 4 rings (SSSR count). The summed E-state index contributed by atoms with van der Waals surface area (Å²) >= 11 is 0. The number of sulfonamides is 1. The molecule has 0 radical (unpaired) electrons. The van der Waals surface area contributed by atoms with Crippen LogP contribution in [0.25, 0.3) is 11.1 Å². The molecule has 0 bridgehead atoms. The van der Waals surface area contributed by atoms with Gasteiger partial charge in [0.2, 0.25) is 15.9 Å². The monoisotopic (exact) mass is 480 g/mol. The van der Waals surface area contributed by atoms with Crippen LogP contribution in [0.3, 0.4) is 0 Å². The molecule has 182 valence electrons. The molecular weight excluding hydrogens is 448 g/mol. The Labute approximate surface area is 193 Å². The third-order valence-electron chi connectivity index (χ3n) is 6.49. The zero-order valence-electron chi connectivity index (χ0n) is 19.2. The van der Waals surface area contributed by atoms with Gasteiger partial charge in [0.25, 0.3) is 0 Å². The van der Waals surface area contributed by atoms with Crippen LogP contribution in [0.5, 0.6) is 0 Å². The predicted molar refractivity (Wildman–Crippen MR) is 123 cm³/mol. The van der Waals surface area contributed by atoms with Gasteiger partial charge in [-0.15, -0.1) is 0 Å². The van der Waals surface area contributed by atoms with Crippen molar-refractivity contribution in [2.24, 2.45) is 0 Å². The minimum Gasteiger partial charge on any atom is -0.408 e. The Morgan fingerprint density at radius 2 is 1.82 bits per heavy atom. The van der Waals surface area contributed by atoms with Crippen LogP contribution in [0.1, 0.15) is 33.1 Å². The number of nitrogens with zero attached hydrogens (tertiary/aromatic N) is 3. The van der Waals surface area contributed by atoms with Crippen molar-refractivity contribution in [2.75, 3.05) is 45.9 Å². The predicted octanol–water partition coefficient (Wildman–Crippen LogP) is 0.996. The number of carbonyl (C=O) groups excluding carboxylic acids is 1. The fourth-order valence-electron chi connectivity index (χ4n) is 4.39. The number of hydrogen-bond acceptors (Lipinski definition) is 7. The molecule has 1 amide bonds. The molecular formula is C22H32N4O6S. The number of morpholine rings is 1. The lowest BCUT2D eigenvalue weighted by molar-refractivity contribution is -0.122. The largest absolute Gasteiger partial charge is 0.419 e. The summed E-state index contributed by atoms with van der Waals surface area (Å²) in [6.45, 7) is 8.85. The molecule has 0 unspecified atom stereocenters. The van der Waals surface area contributed by atoms with Crippen molar-refractivity contribution in [1.29, 1.82) is 0 Å². The van der Waals surface area contributed by atoms with E-state index in [2.05, 4.69) is 24.1 Å². The summed E-state index contributed by atoms with van der Waals surface area (Å²) in [5.74, 6) is -0.770. The molecule has 0 atom stereocenters. The van der Waals surface area contributed by atoms with Crippen molar-refractivity contribution in [3.05, 3.63) is 28.7 Å². The average Bonchev–Trinajstić information content (AvgIpc) is 3.45. The van der Waals surface area contributed by atoms with E-state index in [1.165, 1.54) is 21.0 Å². The molecule has 1 N–H and O–H groups in total. The van der Waals surface area contributed by atoms with Crippen LogP contribution in [-0.4, -0.2) is 79.6 Å². The molecule has 0 spiro atoms. The number of hydrogen-bond donors (Lipinski definition) is 1. The number of rotatable bonds is 8. The quantitative estimate of drug-likeness (QED) is 0.599. The maximum Gasteiger partial charge on any atom is 0.419 e. The highest BCUT2D eigenvalue weighted by atomic mass is 32.2. The number of ether oxygens (including phenoxy) is 1. The molecule has 1 aromatic heterocycles. The number of aromatic nitrogens is 1. The highest BCUT2D eigenvalue weighted by Crippen LogP contribution is 2.24. The smallest absolute Gasteiger partial charge is 0.408 e. The van der Waals surface area contributed by atoms with E-state index < -0.39 is 15.8 Å². The maximum atomic E-state index is 12.8. The number of nitrogens with one attached hydrogen (secondary N) is 1. The van der Waals surface area contributed by atoms with Crippen LogP contribution < -0.4 is 11.1 Å². The Balaban J connectivity index is 1.40. The van der Waals surface area contributed by atoms with E-state index in [1.54, 1.807) is 6.07 Å². The van der Waals surface area contributed by atoms with Gasteiger partial charge < -0.3 is 14.5 Å². The molecule has 2 saturated heterocycles. The topological polar surface area (TPSA) is 114 Å². The molecule has 2 aromatic rings. The molecule has 3 heterocycles. The fraction of sp³-hybridized carbons (Fsp3) is 0.636. The number of fused-ring (bicyclic) bond motifs is 1. The van der Waals surface area contributed by atoms with Gasteiger partial charge in [-0.2, -0.15) is 4.31 Å². The van der Waals surface area contributed by atoms with E-state index in [-0.39, 0.29) is 34.9 Å². The van der Waals surface area contributed by atoms with Gasteiger partial charge in [0.15, 0.2) is 5.58 Å². The second kappa shape index (κ2) is 9.57. The van der Waals surface area contributed by atoms with Gasteiger partial charge in [-0.3, -0.25) is 14.3 Å². The second-order valence-electron chi connectivity index (χ2n) is 9.20. The Hall–Kier alpha value is -2.21. The van der Waals surface area contributed by atoms with Crippen LogP contribution in [0.2, 0.25) is 0 Å². The van der Waals surface area contributed by atoms with E-state index in [0.29, 0.717) is 38.4 Å². The van der Waals surface area contributed by atoms with Gasteiger partial charge in [-0.05, 0) is 38.8 Å². The van der Waals surface area contributed by atoms with Gasteiger partial charge >= 0.3 is 5.76 Å². The summed E-state index contributed by atoms with van der Waals surface area (Å²) < 4.78 is 39.1. The molecule has 0 saturated carbocycles. The van der Waals surface area contributed by atoms with E-state index >= 15 is 0 Å². The Kier molecular flexibility index (Phi) is 6.94. The lowest BCUT2D eigenvalue weighted by atomic mass is 10.0. The first kappa shape index (κ1) is 23.9. The highest BCUT2D eigenvalue weighted by Gasteiger charge is 2.29. The van der Waals surface area contributed by atoms with Crippen molar-refractivity contribution in [3.8, 4) is 0 Å². The lowest BCUT2D eigenvalue weighted by Crippen LogP contribution is -2.55. The summed E-state index contributed by atoms with van der Waals surface area (Å²) in [7, 11) is -3.60. The fourth-order valence-corrected chi connectivity index (χ4v) is 5.93. The SMILES string of the molecule is CC(C)(CNC(=O)CCn1c(=O)oc2cc(S(=O)(=O)N3CCCC3)ccc21)N1CCOCC1. The van der Waals surface area contributed by atoms with E-state index in [4.69, 9.17) is 9.15 Å². The molecule has 1 aromatic carbocycles. The Bertz CT molecular complexity index is 1160. The molecule has 2 fully saturated rings. The average molecular weight is 481 g/mol. The van der Waals surface area contributed by atoms with E-state index in [1.807, 2.05) is 0 Å². The normalized spacial score (nSPS) is 18.7. The van der Waals surface area contributed by atoms with Crippen molar-refractivity contribution < 1.29 is 22.4 Å². The summed E-state index contributed by atoms with van der Waals surface area (Å²) in [4.78, 5) is 27.2. The van der Waals surface area contributed by atoms with E-state index in [9.17, 15) is 18.0 Å². The van der Waals surface area contributed by atoms with Crippen molar-refractivity contribution in [1.82, 2.24) is 19.1 Å². The number of oxazole rings is 1. The standard InChI is InChI=1S/C22H32N4O6S/c1-22(2,24-11-13-31-14-12-24)16-23-20(27)7-10-26-18-6-5-17(15-19(18)32-21(26)28)33(29,30)25-8-3-4-9-25/h5-6,15H,3-4,7-14,16H2,1-2H3,(H,23,27). The molecule has 11 heteroatoms. The zero-order valence-corrected chi connectivity index (χ0v) is 20.0. The number of aryl methyl sites for hydroxylation is 1. The molecule has 10 nitrogen and oxygen atoms in total. The summed E-state index contributed by atoms with van der Waals surface area (Å²) in [6.07, 6.45) is 1.80. The van der Waals surface area contributed by atoms with Crippen LogP contribution in [-0.2, 0) is 26.1 Å². The third-order valence-corrected chi connectivity index (χ3v) is 8.38. The van der Waals surface area contributed by atoms with E-state index in [0.717, 1.165) is 25.9 Å². The summed E-state index contributed by atoms with van der Waals surface area (Å²) in [6, 6.07) is 4.46. The lowest BCUT2D eigenvalue weighted by Gasteiger charge is -2.40. The van der Waals surface area contributed by atoms with Crippen LogP contribution in [0, 0.1) is 0 Å². The van der Waals surface area contributed by atoms with Gasteiger partial charge in [0.05, 0.1) is 23.6 Å². The number of benzene rings is 1. The van der Waals surface area contributed by atoms with Gasteiger partial charge in [-0.25, -0.2) is 13.2 Å². The number of amides is 1. The van der Waals surface area contributed by atoms with Gasteiger partial charge in [-0.1, -0.05) is 0 Å². The Morgan fingerprint density at radius 3 is 2.52 bits per heavy atom. The first-order chi connectivity index (χ1) is 15.7. The summed E-state index contributed by atoms with van der Waals surface area (Å²) in [5.41, 5.74) is 0.478. The van der Waals surface area contributed by atoms with Gasteiger partial charge in [0, 0.05) is 57.3 Å². The van der Waals surface area contributed by atoms with Crippen molar-refractivity contribution >= 4 is 27.0 Å². The minimum absolute atomic E-state index is 0.112. The highest BCUT2D eigenvalue weighted by molar-refractivity contribution is 7.89. The first-order valence-corrected chi connectivity index (χ1v) is 12.9. The molecule has 2 aliphatic rings. The van der Waals surface area contributed by atoms with Crippen LogP contribution in [0.4, 0.5) is 0 Å². The third kappa shape index (κ3) is 5.16.